The highest BCUT2D eigenvalue weighted by Crippen LogP contribution is 2.33. The Morgan fingerprint density at radius 3 is 2.71 bits per heavy atom. The van der Waals surface area contributed by atoms with Gasteiger partial charge in [0, 0.05) is 25.0 Å². The van der Waals surface area contributed by atoms with Gasteiger partial charge in [-0.15, -0.1) is 0 Å². The first-order valence-corrected chi connectivity index (χ1v) is 7.27. The summed E-state index contributed by atoms with van der Waals surface area (Å²) < 4.78 is 0. The quantitative estimate of drug-likeness (QED) is 0.817. The van der Waals surface area contributed by atoms with Crippen molar-refractivity contribution in [1.82, 2.24) is 4.90 Å². The van der Waals surface area contributed by atoms with Crippen molar-refractivity contribution in [2.45, 2.75) is 70.4 Å². The minimum absolute atomic E-state index is 0.114. The molecule has 0 radical (unpaired) electrons. The second kappa shape index (κ2) is 5.85. The van der Waals surface area contributed by atoms with Gasteiger partial charge >= 0.3 is 0 Å². The van der Waals surface area contributed by atoms with Crippen LogP contribution in [-0.2, 0) is 4.79 Å². The standard InChI is InChI=1S/C14H26N2O/c1-2-12-6-4-3-5-9-16(12)14(17)10-13(15)11-7-8-11/h11-13H,2-10,15H2,1H3/t12-,13-/m1/s1. The van der Waals surface area contributed by atoms with E-state index in [2.05, 4.69) is 11.8 Å². The molecule has 17 heavy (non-hydrogen) atoms. The van der Waals surface area contributed by atoms with Gasteiger partial charge in [0.05, 0.1) is 0 Å². The van der Waals surface area contributed by atoms with E-state index in [9.17, 15) is 4.79 Å². The van der Waals surface area contributed by atoms with Gasteiger partial charge in [-0.2, -0.15) is 0 Å². The van der Waals surface area contributed by atoms with Crippen molar-refractivity contribution in [3.05, 3.63) is 0 Å². The number of hydrogen-bond acceptors (Lipinski definition) is 2. The van der Waals surface area contributed by atoms with Gasteiger partial charge in [-0.1, -0.05) is 19.8 Å². The number of nitrogens with zero attached hydrogens (tertiary/aromatic N) is 1. The molecule has 1 heterocycles. The molecule has 2 rings (SSSR count). The van der Waals surface area contributed by atoms with Crippen LogP contribution in [0.3, 0.4) is 0 Å². The molecule has 2 N–H and O–H groups in total. The Balaban J connectivity index is 1.89. The molecule has 2 fully saturated rings. The number of rotatable bonds is 4. The fourth-order valence-corrected chi connectivity index (χ4v) is 2.94. The van der Waals surface area contributed by atoms with E-state index in [1.807, 2.05) is 0 Å². The van der Waals surface area contributed by atoms with Crippen molar-refractivity contribution >= 4 is 5.91 Å². The number of amides is 1. The van der Waals surface area contributed by atoms with Crippen LogP contribution in [-0.4, -0.2) is 29.4 Å². The summed E-state index contributed by atoms with van der Waals surface area (Å²) in [7, 11) is 0. The van der Waals surface area contributed by atoms with Crippen LogP contribution in [0.15, 0.2) is 0 Å². The van der Waals surface area contributed by atoms with E-state index >= 15 is 0 Å². The molecule has 98 valence electrons. The SMILES string of the molecule is CC[C@@H]1CCCCCN1C(=O)C[C@@H](N)C1CC1. The van der Waals surface area contributed by atoms with Crippen LogP contribution in [0, 0.1) is 5.92 Å². The second-order valence-corrected chi connectivity index (χ2v) is 5.70. The Kier molecular flexibility index (Phi) is 4.43. The summed E-state index contributed by atoms with van der Waals surface area (Å²) >= 11 is 0. The van der Waals surface area contributed by atoms with E-state index in [1.54, 1.807) is 0 Å². The fraction of sp³-hybridized carbons (Fsp3) is 0.929. The number of carbonyl (C=O) groups is 1. The first-order chi connectivity index (χ1) is 8.22. The van der Waals surface area contributed by atoms with Crippen molar-refractivity contribution in [3.63, 3.8) is 0 Å². The third-order valence-electron chi connectivity index (χ3n) is 4.31. The molecular weight excluding hydrogens is 212 g/mol. The van der Waals surface area contributed by atoms with E-state index in [0.717, 1.165) is 13.0 Å². The third-order valence-corrected chi connectivity index (χ3v) is 4.31. The molecule has 3 nitrogen and oxygen atoms in total. The summed E-state index contributed by atoms with van der Waals surface area (Å²) in [5, 5.41) is 0. The smallest absolute Gasteiger partial charge is 0.224 e. The molecule has 0 bridgehead atoms. The molecular formula is C14H26N2O. The minimum atomic E-state index is 0.114. The largest absolute Gasteiger partial charge is 0.340 e. The maximum absolute atomic E-state index is 12.3. The topological polar surface area (TPSA) is 46.3 Å². The van der Waals surface area contributed by atoms with Crippen molar-refractivity contribution in [1.29, 1.82) is 0 Å². The molecule has 2 atom stereocenters. The summed E-state index contributed by atoms with van der Waals surface area (Å²) in [6, 6.07) is 0.583. The van der Waals surface area contributed by atoms with Gasteiger partial charge in [-0.3, -0.25) is 4.79 Å². The predicted octanol–water partition coefficient (Wildman–Crippen LogP) is 2.29. The zero-order valence-corrected chi connectivity index (χ0v) is 11.0. The van der Waals surface area contributed by atoms with Gasteiger partial charge in [0.2, 0.25) is 5.91 Å². The van der Waals surface area contributed by atoms with Gasteiger partial charge < -0.3 is 10.6 Å². The highest BCUT2D eigenvalue weighted by molar-refractivity contribution is 5.77. The van der Waals surface area contributed by atoms with Gasteiger partial charge in [0.1, 0.15) is 0 Å². The monoisotopic (exact) mass is 238 g/mol. The van der Waals surface area contributed by atoms with Gasteiger partial charge in [0.25, 0.3) is 0 Å². The second-order valence-electron chi connectivity index (χ2n) is 5.70. The molecule has 0 unspecified atom stereocenters. The number of nitrogens with two attached hydrogens (primary N) is 1. The van der Waals surface area contributed by atoms with Gasteiger partial charge in [0.15, 0.2) is 0 Å². The lowest BCUT2D eigenvalue weighted by Gasteiger charge is -2.30. The normalized spacial score (nSPS) is 27.6. The van der Waals surface area contributed by atoms with Crippen LogP contribution in [0.25, 0.3) is 0 Å². The Hall–Kier alpha value is -0.570. The minimum Gasteiger partial charge on any atom is -0.340 e. The van der Waals surface area contributed by atoms with Gasteiger partial charge in [-0.05, 0) is 38.0 Å². The maximum Gasteiger partial charge on any atom is 0.224 e. The molecule has 1 aliphatic carbocycles. The zero-order valence-electron chi connectivity index (χ0n) is 11.0. The van der Waals surface area contributed by atoms with E-state index in [0.29, 0.717) is 24.3 Å². The van der Waals surface area contributed by atoms with E-state index in [1.165, 1.54) is 38.5 Å². The van der Waals surface area contributed by atoms with Crippen molar-refractivity contribution < 1.29 is 4.79 Å². The highest BCUT2D eigenvalue weighted by Gasteiger charge is 2.32. The molecule has 1 saturated heterocycles. The van der Waals surface area contributed by atoms with E-state index in [-0.39, 0.29) is 6.04 Å². The summed E-state index contributed by atoms with van der Waals surface area (Å²) in [6.45, 7) is 3.14. The first-order valence-electron chi connectivity index (χ1n) is 7.27. The van der Waals surface area contributed by atoms with Crippen molar-refractivity contribution in [2.75, 3.05) is 6.54 Å². The van der Waals surface area contributed by atoms with Crippen LogP contribution in [0.5, 0.6) is 0 Å². The Labute approximate surface area is 105 Å². The molecule has 0 aromatic heterocycles. The molecule has 1 saturated carbocycles. The lowest BCUT2D eigenvalue weighted by atomic mass is 10.1. The average Bonchev–Trinajstić information content (AvgIpc) is 3.15. The molecule has 0 aromatic carbocycles. The van der Waals surface area contributed by atoms with E-state index in [4.69, 9.17) is 5.73 Å². The molecule has 0 aromatic rings. The molecule has 1 aliphatic heterocycles. The molecule has 0 spiro atoms. The summed E-state index contributed by atoms with van der Waals surface area (Å²) in [4.78, 5) is 14.4. The zero-order chi connectivity index (χ0) is 12.3. The fourth-order valence-electron chi connectivity index (χ4n) is 2.94. The average molecular weight is 238 g/mol. The van der Waals surface area contributed by atoms with Crippen LogP contribution in [0.2, 0.25) is 0 Å². The lowest BCUT2D eigenvalue weighted by molar-refractivity contribution is -0.134. The maximum atomic E-state index is 12.3. The first kappa shape index (κ1) is 12.9. The van der Waals surface area contributed by atoms with Crippen LogP contribution < -0.4 is 5.73 Å². The van der Waals surface area contributed by atoms with Crippen molar-refractivity contribution in [2.24, 2.45) is 11.7 Å². The third kappa shape index (κ3) is 3.44. The number of carbonyl (C=O) groups excluding carboxylic acids is 1. The van der Waals surface area contributed by atoms with Gasteiger partial charge in [-0.25, -0.2) is 0 Å². The predicted molar refractivity (Wildman–Crippen MR) is 69.6 cm³/mol. The lowest BCUT2D eigenvalue weighted by Crippen LogP contribution is -2.42. The molecule has 2 aliphatic rings. The number of hydrogen-bond donors (Lipinski definition) is 1. The van der Waals surface area contributed by atoms with Crippen molar-refractivity contribution in [3.8, 4) is 0 Å². The Morgan fingerprint density at radius 2 is 2.06 bits per heavy atom. The Bertz CT molecular complexity index is 263. The van der Waals surface area contributed by atoms with Crippen LogP contribution in [0.1, 0.15) is 58.3 Å². The molecule has 3 heteroatoms. The summed E-state index contributed by atoms with van der Waals surface area (Å²) in [5.74, 6) is 0.934. The highest BCUT2D eigenvalue weighted by atomic mass is 16.2. The summed E-state index contributed by atoms with van der Waals surface area (Å²) in [5.41, 5.74) is 6.07. The van der Waals surface area contributed by atoms with Crippen LogP contribution >= 0.6 is 0 Å². The Morgan fingerprint density at radius 1 is 1.29 bits per heavy atom. The summed E-state index contributed by atoms with van der Waals surface area (Å²) in [6.07, 6.45) is 9.01. The van der Waals surface area contributed by atoms with Crippen LogP contribution in [0.4, 0.5) is 0 Å². The molecule has 1 amide bonds. The number of likely N-dealkylation sites (tertiary alicyclic amines) is 1. The van der Waals surface area contributed by atoms with E-state index < -0.39 is 0 Å².